The molecule has 0 saturated heterocycles. The molecule has 4 nitrogen and oxygen atoms in total. The van der Waals surface area contributed by atoms with Gasteiger partial charge in [-0.2, -0.15) is 0 Å². The van der Waals surface area contributed by atoms with Gasteiger partial charge in [0.2, 0.25) is 0 Å². The number of aromatic nitrogens is 2. The van der Waals surface area contributed by atoms with Crippen molar-refractivity contribution in [3.05, 3.63) is 46.2 Å². The van der Waals surface area contributed by atoms with E-state index in [1.165, 1.54) is 17.6 Å². The van der Waals surface area contributed by atoms with Gasteiger partial charge in [-0.1, -0.05) is 16.6 Å². The standard InChI is InChI=1S/C10H11FN4S/c1-6-4-7(2-3-8(6)11)10(14-12)9-5-13-15-16-9/h2-5,10,14H,12H2,1H3. The lowest BCUT2D eigenvalue weighted by Gasteiger charge is -2.14. The quantitative estimate of drug-likeness (QED) is 0.629. The van der Waals surface area contributed by atoms with Gasteiger partial charge in [0.15, 0.2) is 0 Å². The minimum Gasteiger partial charge on any atom is -0.271 e. The summed E-state index contributed by atoms with van der Waals surface area (Å²) < 4.78 is 16.9. The fourth-order valence-electron chi connectivity index (χ4n) is 1.49. The van der Waals surface area contributed by atoms with Crippen LogP contribution in [0.3, 0.4) is 0 Å². The molecule has 0 aliphatic carbocycles. The molecule has 2 aromatic rings. The summed E-state index contributed by atoms with van der Waals surface area (Å²) in [5.41, 5.74) is 4.16. The Morgan fingerprint density at radius 3 is 2.88 bits per heavy atom. The first-order valence-electron chi connectivity index (χ1n) is 4.72. The largest absolute Gasteiger partial charge is 0.271 e. The molecule has 1 unspecified atom stereocenters. The number of hydrazine groups is 1. The van der Waals surface area contributed by atoms with Crippen LogP contribution in [0.2, 0.25) is 0 Å². The molecule has 0 amide bonds. The normalized spacial score (nSPS) is 12.7. The van der Waals surface area contributed by atoms with Gasteiger partial charge in [0, 0.05) is 0 Å². The highest BCUT2D eigenvalue weighted by Gasteiger charge is 2.15. The molecule has 0 spiro atoms. The summed E-state index contributed by atoms with van der Waals surface area (Å²) >= 11 is 1.26. The molecule has 6 heteroatoms. The average molecular weight is 238 g/mol. The van der Waals surface area contributed by atoms with Gasteiger partial charge in [0.05, 0.1) is 17.1 Å². The van der Waals surface area contributed by atoms with Crippen molar-refractivity contribution in [1.29, 1.82) is 0 Å². The van der Waals surface area contributed by atoms with Gasteiger partial charge >= 0.3 is 0 Å². The minimum atomic E-state index is -0.220. The van der Waals surface area contributed by atoms with Crippen LogP contribution in [0.1, 0.15) is 22.0 Å². The van der Waals surface area contributed by atoms with Crippen LogP contribution in [0.4, 0.5) is 4.39 Å². The SMILES string of the molecule is Cc1cc(C(NN)c2cnns2)ccc1F. The third-order valence-electron chi connectivity index (χ3n) is 2.34. The molecule has 0 radical (unpaired) electrons. The molecule has 0 fully saturated rings. The monoisotopic (exact) mass is 238 g/mol. The Morgan fingerprint density at radius 2 is 2.31 bits per heavy atom. The summed E-state index contributed by atoms with van der Waals surface area (Å²) in [6.07, 6.45) is 1.65. The zero-order valence-corrected chi connectivity index (χ0v) is 9.46. The van der Waals surface area contributed by atoms with Gasteiger partial charge < -0.3 is 0 Å². The number of halogens is 1. The highest BCUT2D eigenvalue weighted by molar-refractivity contribution is 7.05. The number of hydrogen-bond donors (Lipinski definition) is 2. The van der Waals surface area contributed by atoms with Gasteiger partial charge in [-0.05, 0) is 35.6 Å². The molecule has 1 aromatic heterocycles. The summed E-state index contributed by atoms with van der Waals surface area (Å²) in [5, 5.41) is 3.76. The Labute approximate surface area is 96.4 Å². The molecule has 84 valence electrons. The van der Waals surface area contributed by atoms with Crippen molar-refractivity contribution in [3.8, 4) is 0 Å². The lowest BCUT2D eigenvalue weighted by molar-refractivity contribution is 0.609. The van der Waals surface area contributed by atoms with Crippen molar-refractivity contribution in [3.63, 3.8) is 0 Å². The van der Waals surface area contributed by atoms with Crippen LogP contribution in [0.5, 0.6) is 0 Å². The molecule has 0 bridgehead atoms. The topological polar surface area (TPSA) is 63.8 Å². The molecule has 0 saturated carbocycles. The highest BCUT2D eigenvalue weighted by atomic mass is 32.1. The first kappa shape index (κ1) is 11.1. The van der Waals surface area contributed by atoms with Crippen LogP contribution in [0.15, 0.2) is 24.4 Å². The van der Waals surface area contributed by atoms with E-state index in [2.05, 4.69) is 15.0 Å². The third-order valence-corrected chi connectivity index (χ3v) is 3.07. The van der Waals surface area contributed by atoms with Crippen LogP contribution in [0, 0.1) is 12.7 Å². The summed E-state index contributed by atoms with van der Waals surface area (Å²) in [5.74, 6) is 5.27. The second-order valence-corrected chi connectivity index (χ2v) is 4.25. The van der Waals surface area contributed by atoms with Crippen molar-refractivity contribution < 1.29 is 4.39 Å². The molecule has 2 rings (SSSR count). The number of hydrogen-bond acceptors (Lipinski definition) is 5. The zero-order valence-electron chi connectivity index (χ0n) is 8.64. The Morgan fingerprint density at radius 1 is 1.50 bits per heavy atom. The van der Waals surface area contributed by atoms with Gasteiger partial charge in [0.1, 0.15) is 5.82 Å². The van der Waals surface area contributed by atoms with E-state index < -0.39 is 0 Å². The molecule has 0 aliphatic rings. The van der Waals surface area contributed by atoms with Crippen LogP contribution >= 0.6 is 11.5 Å². The molecule has 16 heavy (non-hydrogen) atoms. The molecule has 1 aromatic carbocycles. The maximum Gasteiger partial charge on any atom is 0.126 e. The molecular weight excluding hydrogens is 227 g/mol. The smallest absolute Gasteiger partial charge is 0.126 e. The van der Waals surface area contributed by atoms with Gasteiger partial charge in [-0.3, -0.25) is 5.84 Å². The van der Waals surface area contributed by atoms with E-state index in [-0.39, 0.29) is 11.9 Å². The van der Waals surface area contributed by atoms with Crippen LogP contribution in [-0.4, -0.2) is 9.59 Å². The Bertz CT molecular complexity index is 472. The maximum atomic E-state index is 13.1. The van der Waals surface area contributed by atoms with E-state index in [1.807, 2.05) is 0 Å². The minimum absolute atomic E-state index is 0.195. The molecule has 1 atom stereocenters. The van der Waals surface area contributed by atoms with Crippen molar-refractivity contribution in [2.45, 2.75) is 13.0 Å². The summed E-state index contributed by atoms with van der Waals surface area (Å²) in [6, 6.07) is 4.70. The number of rotatable bonds is 3. The van der Waals surface area contributed by atoms with Gasteiger partial charge in [0.25, 0.3) is 0 Å². The fraction of sp³-hybridized carbons (Fsp3) is 0.200. The number of benzene rings is 1. The Kier molecular flexibility index (Phi) is 3.23. The van der Waals surface area contributed by atoms with E-state index >= 15 is 0 Å². The van der Waals surface area contributed by atoms with Crippen LogP contribution in [0.25, 0.3) is 0 Å². The van der Waals surface area contributed by atoms with E-state index in [0.29, 0.717) is 5.56 Å². The van der Waals surface area contributed by atoms with Crippen molar-refractivity contribution in [2.24, 2.45) is 5.84 Å². The van der Waals surface area contributed by atoms with E-state index in [1.54, 1.807) is 25.3 Å². The van der Waals surface area contributed by atoms with Crippen molar-refractivity contribution >= 4 is 11.5 Å². The Hall–Kier alpha value is -1.37. The second-order valence-electron chi connectivity index (χ2n) is 3.43. The zero-order chi connectivity index (χ0) is 11.5. The molecular formula is C10H11FN4S. The first-order valence-corrected chi connectivity index (χ1v) is 5.49. The number of aryl methyl sites for hydroxylation is 1. The van der Waals surface area contributed by atoms with Gasteiger partial charge in [-0.15, -0.1) is 5.10 Å². The van der Waals surface area contributed by atoms with Gasteiger partial charge in [-0.25, -0.2) is 9.82 Å². The maximum absolute atomic E-state index is 13.1. The molecule has 1 heterocycles. The lowest BCUT2D eigenvalue weighted by atomic mass is 10.0. The molecule has 0 aliphatic heterocycles. The summed E-state index contributed by atoms with van der Waals surface area (Å²) in [7, 11) is 0. The predicted molar refractivity (Wildman–Crippen MR) is 60.2 cm³/mol. The van der Waals surface area contributed by atoms with E-state index in [9.17, 15) is 4.39 Å². The number of nitrogens with two attached hydrogens (primary N) is 1. The predicted octanol–water partition coefficient (Wildman–Crippen LogP) is 1.54. The average Bonchev–Trinajstić information content (AvgIpc) is 2.78. The lowest BCUT2D eigenvalue weighted by Crippen LogP contribution is -2.28. The van der Waals surface area contributed by atoms with Crippen molar-refractivity contribution in [1.82, 2.24) is 15.0 Å². The Balaban J connectivity index is 2.37. The summed E-state index contributed by atoms with van der Waals surface area (Å²) in [4.78, 5) is 0.897. The number of nitrogens with one attached hydrogen (secondary N) is 1. The van der Waals surface area contributed by atoms with Crippen LogP contribution in [-0.2, 0) is 0 Å². The first-order chi connectivity index (χ1) is 7.72. The summed E-state index contributed by atoms with van der Waals surface area (Å²) in [6.45, 7) is 1.72. The third kappa shape index (κ3) is 2.08. The van der Waals surface area contributed by atoms with E-state index in [0.717, 1.165) is 10.4 Å². The number of nitrogens with zero attached hydrogens (tertiary/aromatic N) is 2. The fourth-order valence-corrected chi connectivity index (χ4v) is 2.08. The van der Waals surface area contributed by atoms with Crippen LogP contribution < -0.4 is 11.3 Å². The second kappa shape index (κ2) is 4.65. The van der Waals surface area contributed by atoms with Crippen molar-refractivity contribution in [2.75, 3.05) is 0 Å². The molecule has 3 N–H and O–H groups in total. The van der Waals surface area contributed by atoms with E-state index in [4.69, 9.17) is 5.84 Å². The highest BCUT2D eigenvalue weighted by Crippen LogP contribution is 2.24.